The first-order valence-corrected chi connectivity index (χ1v) is 7.22. The van der Waals surface area contributed by atoms with Crippen molar-refractivity contribution in [2.75, 3.05) is 18.5 Å². The van der Waals surface area contributed by atoms with Crippen LogP contribution in [0.4, 0.5) is 10.5 Å². The summed E-state index contributed by atoms with van der Waals surface area (Å²) in [5.41, 5.74) is -0.0980. The van der Waals surface area contributed by atoms with Crippen LogP contribution in [0.2, 0.25) is 0 Å². The minimum absolute atomic E-state index is 0.283. The van der Waals surface area contributed by atoms with E-state index < -0.39 is 5.60 Å². The van der Waals surface area contributed by atoms with Crippen molar-refractivity contribution in [2.45, 2.75) is 31.3 Å². The zero-order chi connectivity index (χ0) is 15.1. The van der Waals surface area contributed by atoms with Crippen LogP contribution in [-0.2, 0) is 0 Å². The summed E-state index contributed by atoms with van der Waals surface area (Å²) >= 11 is 0. The van der Waals surface area contributed by atoms with Gasteiger partial charge in [0.25, 0.3) is 0 Å². The Morgan fingerprint density at radius 3 is 2.90 bits per heavy atom. The van der Waals surface area contributed by atoms with E-state index in [1.807, 2.05) is 6.07 Å². The second-order valence-electron chi connectivity index (χ2n) is 5.37. The van der Waals surface area contributed by atoms with E-state index in [4.69, 9.17) is 4.74 Å². The molecular formula is C16H22N2O3. The van der Waals surface area contributed by atoms with E-state index in [1.54, 1.807) is 24.3 Å². The molecule has 0 atom stereocenters. The van der Waals surface area contributed by atoms with Gasteiger partial charge >= 0.3 is 6.03 Å². The van der Waals surface area contributed by atoms with Crippen LogP contribution in [0.15, 0.2) is 36.9 Å². The number of rotatable bonds is 6. The van der Waals surface area contributed by atoms with Crippen molar-refractivity contribution in [3.63, 3.8) is 0 Å². The molecule has 0 saturated heterocycles. The van der Waals surface area contributed by atoms with Gasteiger partial charge in [-0.2, -0.15) is 0 Å². The number of hydrogen-bond acceptors (Lipinski definition) is 3. The number of urea groups is 1. The van der Waals surface area contributed by atoms with Crippen LogP contribution < -0.4 is 15.4 Å². The molecule has 0 heterocycles. The summed E-state index contributed by atoms with van der Waals surface area (Å²) in [6.07, 6.45) is 5.19. The van der Waals surface area contributed by atoms with Gasteiger partial charge in [0.05, 0.1) is 5.60 Å². The van der Waals surface area contributed by atoms with Crippen molar-refractivity contribution < 1.29 is 14.6 Å². The van der Waals surface area contributed by atoms with Gasteiger partial charge in [0.1, 0.15) is 12.4 Å². The third kappa shape index (κ3) is 4.79. The highest BCUT2D eigenvalue weighted by molar-refractivity contribution is 5.89. The van der Waals surface area contributed by atoms with Crippen molar-refractivity contribution >= 4 is 11.7 Å². The monoisotopic (exact) mass is 290 g/mol. The van der Waals surface area contributed by atoms with Crippen LogP contribution in [0.1, 0.15) is 25.7 Å². The summed E-state index contributed by atoms with van der Waals surface area (Å²) < 4.78 is 5.40. The molecule has 5 nitrogen and oxygen atoms in total. The lowest BCUT2D eigenvalue weighted by atomic mass is 10.0. The number of hydrogen-bond donors (Lipinski definition) is 3. The highest BCUT2D eigenvalue weighted by atomic mass is 16.5. The fourth-order valence-electron chi connectivity index (χ4n) is 2.45. The third-order valence-corrected chi connectivity index (χ3v) is 3.57. The number of carbonyl (C=O) groups is 1. The zero-order valence-corrected chi connectivity index (χ0v) is 12.1. The van der Waals surface area contributed by atoms with Gasteiger partial charge < -0.3 is 20.5 Å². The summed E-state index contributed by atoms with van der Waals surface area (Å²) in [4.78, 5) is 11.8. The summed E-state index contributed by atoms with van der Waals surface area (Å²) in [6.45, 7) is 4.29. The molecule has 0 radical (unpaired) electrons. The standard InChI is InChI=1S/C16H22N2O3/c1-2-10-21-14-7-5-6-13(11-14)18-15(19)17-12-16(20)8-3-4-9-16/h2,5-7,11,20H,1,3-4,8-10,12H2,(H2,17,18,19). The van der Waals surface area contributed by atoms with Crippen LogP contribution in [0.25, 0.3) is 0 Å². The fourth-order valence-corrected chi connectivity index (χ4v) is 2.45. The van der Waals surface area contributed by atoms with E-state index in [9.17, 15) is 9.90 Å². The predicted octanol–water partition coefficient (Wildman–Crippen LogP) is 2.68. The first-order valence-electron chi connectivity index (χ1n) is 7.22. The number of ether oxygens (including phenoxy) is 1. The zero-order valence-electron chi connectivity index (χ0n) is 12.1. The molecule has 1 saturated carbocycles. The molecule has 1 fully saturated rings. The van der Waals surface area contributed by atoms with Gasteiger partial charge in [-0.15, -0.1) is 0 Å². The van der Waals surface area contributed by atoms with Gasteiger partial charge in [-0.05, 0) is 25.0 Å². The van der Waals surface area contributed by atoms with Crippen LogP contribution in [0.5, 0.6) is 5.75 Å². The maximum absolute atomic E-state index is 11.8. The molecule has 114 valence electrons. The maximum atomic E-state index is 11.8. The Bertz CT molecular complexity index is 496. The molecule has 2 amide bonds. The summed E-state index contributed by atoms with van der Waals surface area (Å²) in [7, 11) is 0. The molecule has 0 bridgehead atoms. The van der Waals surface area contributed by atoms with Gasteiger partial charge in [0, 0.05) is 18.3 Å². The molecule has 5 heteroatoms. The molecule has 0 spiro atoms. The predicted molar refractivity (Wildman–Crippen MR) is 82.6 cm³/mol. The normalized spacial score (nSPS) is 16.2. The fraction of sp³-hybridized carbons (Fsp3) is 0.438. The van der Waals surface area contributed by atoms with Gasteiger partial charge in [-0.3, -0.25) is 0 Å². The number of anilines is 1. The Balaban J connectivity index is 1.83. The lowest BCUT2D eigenvalue weighted by Crippen LogP contribution is -2.42. The molecule has 0 unspecified atom stereocenters. The highest BCUT2D eigenvalue weighted by Gasteiger charge is 2.31. The summed E-state index contributed by atoms with van der Waals surface area (Å²) in [6, 6.07) is 6.82. The lowest BCUT2D eigenvalue weighted by Gasteiger charge is -2.22. The Morgan fingerprint density at radius 1 is 1.43 bits per heavy atom. The molecule has 1 aromatic carbocycles. The molecule has 0 aliphatic heterocycles. The number of aliphatic hydroxyl groups is 1. The molecule has 1 aliphatic rings. The third-order valence-electron chi connectivity index (χ3n) is 3.57. The van der Waals surface area contributed by atoms with Gasteiger partial charge in [0.15, 0.2) is 0 Å². The van der Waals surface area contributed by atoms with E-state index in [2.05, 4.69) is 17.2 Å². The Kier molecular flexibility index (Phi) is 5.22. The molecule has 1 aromatic rings. The van der Waals surface area contributed by atoms with Crippen molar-refractivity contribution in [3.05, 3.63) is 36.9 Å². The maximum Gasteiger partial charge on any atom is 0.319 e. The largest absolute Gasteiger partial charge is 0.489 e. The molecule has 1 aliphatic carbocycles. The number of nitrogens with one attached hydrogen (secondary N) is 2. The molecular weight excluding hydrogens is 268 g/mol. The van der Waals surface area contributed by atoms with E-state index in [1.165, 1.54) is 0 Å². The van der Waals surface area contributed by atoms with E-state index in [-0.39, 0.29) is 12.6 Å². The van der Waals surface area contributed by atoms with Crippen molar-refractivity contribution in [1.29, 1.82) is 0 Å². The number of amides is 2. The minimum Gasteiger partial charge on any atom is -0.489 e. The summed E-state index contributed by atoms with van der Waals surface area (Å²) in [5.74, 6) is 0.669. The van der Waals surface area contributed by atoms with Gasteiger partial charge in [0.2, 0.25) is 0 Å². The van der Waals surface area contributed by atoms with Crippen molar-refractivity contribution in [3.8, 4) is 5.75 Å². The second kappa shape index (κ2) is 7.13. The Morgan fingerprint density at radius 2 is 2.19 bits per heavy atom. The highest BCUT2D eigenvalue weighted by Crippen LogP contribution is 2.28. The van der Waals surface area contributed by atoms with Crippen LogP contribution in [-0.4, -0.2) is 29.9 Å². The van der Waals surface area contributed by atoms with Crippen LogP contribution >= 0.6 is 0 Å². The first-order chi connectivity index (χ1) is 10.1. The first kappa shape index (κ1) is 15.4. The lowest BCUT2D eigenvalue weighted by molar-refractivity contribution is 0.0506. The SMILES string of the molecule is C=CCOc1cccc(NC(=O)NCC2(O)CCCC2)c1. The Hall–Kier alpha value is -2.01. The van der Waals surface area contributed by atoms with Crippen molar-refractivity contribution in [1.82, 2.24) is 5.32 Å². The average molecular weight is 290 g/mol. The topological polar surface area (TPSA) is 70.6 Å². The Labute approximate surface area is 125 Å². The van der Waals surface area contributed by atoms with E-state index >= 15 is 0 Å². The smallest absolute Gasteiger partial charge is 0.319 e. The van der Waals surface area contributed by atoms with Gasteiger partial charge in [-0.1, -0.05) is 31.6 Å². The van der Waals surface area contributed by atoms with E-state index in [0.29, 0.717) is 18.0 Å². The van der Waals surface area contributed by atoms with Crippen LogP contribution in [0.3, 0.4) is 0 Å². The van der Waals surface area contributed by atoms with Gasteiger partial charge in [-0.25, -0.2) is 4.79 Å². The van der Waals surface area contributed by atoms with Crippen molar-refractivity contribution in [2.24, 2.45) is 0 Å². The molecule has 0 aromatic heterocycles. The number of benzene rings is 1. The van der Waals surface area contributed by atoms with E-state index in [0.717, 1.165) is 25.7 Å². The van der Waals surface area contributed by atoms with Crippen LogP contribution in [0, 0.1) is 0 Å². The summed E-state index contributed by atoms with van der Waals surface area (Å²) in [5, 5.41) is 15.6. The average Bonchev–Trinajstić information content (AvgIpc) is 2.91. The molecule has 21 heavy (non-hydrogen) atoms. The minimum atomic E-state index is -0.744. The second-order valence-corrected chi connectivity index (χ2v) is 5.37. The molecule has 3 N–H and O–H groups in total. The molecule has 2 rings (SSSR count). The quantitative estimate of drug-likeness (QED) is 0.705. The number of carbonyl (C=O) groups excluding carboxylic acids is 1.